The van der Waals surface area contributed by atoms with Crippen molar-refractivity contribution in [1.29, 1.82) is 0 Å². The van der Waals surface area contributed by atoms with Gasteiger partial charge in [0.2, 0.25) is 0 Å². The summed E-state index contributed by atoms with van der Waals surface area (Å²) in [6.07, 6.45) is 47.0. The van der Waals surface area contributed by atoms with Crippen molar-refractivity contribution in [3.05, 3.63) is 24.3 Å². The van der Waals surface area contributed by atoms with Gasteiger partial charge in [0.25, 0.3) is 0 Å². The third-order valence-corrected chi connectivity index (χ3v) is 7.93. The maximum Gasteiger partial charge on any atom is 0.149 e. The Labute approximate surface area is 258 Å². The lowest BCUT2D eigenvalue weighted by Gasteiger charge is -2.07. The van der Waals surface area contributed by atoms with E-state index >= 15 is 0 Å². The van der Waals surface area contributed by atoms with E-state index in [0.717, 1.165) is 26.1 Å². The zero-order valence-electron chi connectivity index (χ0n) is 28.2. The second-order valence-electron chi connectivity index (χ2n) is 12.1. The summed E-state index contributed by atoms with van der Waals surface area (Å²) in [5, 5.41) is 0. The first kappa shape index (κ1) is 40.4. The minimum Gasteiger partial charge on any atom is -0.355 e. The van der Waals surface area contributed by atoms with E-state index in [1.54, 1.807) is 0 Å². The van der Waals surface area contributed by atoms with Crippen molar-refractivity contribution in [2.45, 2.75) is 194 Å². The fourth-order valence-corrected chi connectivity index (χ4v) is 5.17. The Kier molecular flexibility index (Phi) is 38.7. The van der Waals surface area contributed by atoms with Crippen LogP contribution < -0.4 is 0 Å². The number of rotatable bonds is 36. The van der Waals surface area contributed by atoms with Crippen LogP contribution in [0.3, 0.4) is 0 Å². The normalized spacial score (nSPS) is 12.0. The highest BCUT2D eigenvalue weighted by Gasteiger charge is 1.95. The Balaban J connectivity index is 3.09. The molecule has 41 heavy (non-hydrogen) atoms. The van der Waals surface area contributed by atoms with Gasteiger partial charge in [-0.1, -0.05) is 154 Å². The van der Waals surface area contributed by atoms with Gasteiger partial charge in [0.05, 0.1) is 0 Å². The molecule has 3 heteroatoms. The zero-order chi connectivity index (χ0) is 29.6. The summed E-state index contributed by atoms with van der Waals surface area (Å²) in [7, 11) is 0. The molecule has 244 valence electrons. The molecular weight excluding hydrogens is 504 g/mol. The smallest absolute Gasteiger partial charge is 0.149 e. The van der Waals surface area contributed by atoms with Crippen molar-refractivity contribution in [3.63, 3.8) is 0 Å². The molecule has 0 N–H and O–H groups in total. The summed E-state index contributed by atoms with van der Waals surface area (Å²) in [5.41, 5.74) is 0. The Morgan fingerprint density at radius 2 is 0.561 bits per heavy atom. The SMILES string of the molecule is CCCCCCCC/C=C\CCCCCCCCOCOCOCCCCCCCC/C=C\CCCCCCCC. The molecule has 0 saturated heterocycles. The van der Waals surface area contributed by atoms with Crippen LogP contribution in [0.15, 0.2) is 24.3 Å². The Morgan fingerprint density at radius 3 is 0.878 bits per heavy atom. The molecule has 0 amide bonds. The van der Waals surface area contributed by atoms with E-state index in [4.69, 9.17) is 14.2 Å². The zero-order valence-corrected chi connectivity index (χ0v) is 28.2. The van der Waals surface area contributed by atoms with Crippen molar-refractivity contribution in [1.82, 2.24) is 0 Å². The fourth-order valence-electron chi connectivity index (χ4n) is 5.17. The van der Waals surface area contributed by atoms with Crippen LogP contribution in [-0.2, 0) is 14.2 Å². The van der Waals surface area contributed by atoms with Crippen LogP contribution in [0.2, 0.25) is 0 Å². The van der Waals surface area contributed by atoms with Gasteiger partial charge in [0.1, 0.15) is 13.6 Å². The lowest BCUT2D eigenvalue weighted by Crippen LogP contribution is -2.06. The second kappa shape index (κ2) is 39.4. The minimum absolute atomic E-state index is 0.360. The molecule has 0 unspecified atom stereocenters. The third-order valence-electron chi connectivity index (χ3n) is 7.93. The van der Waals surface area contributed by atoms with Gasteiger partial charge in [-0.2, -0.15) is 0 Å². The molecule has 0 radical (unpaired) electrons. The Hall–Kier alpha value is -0.640. The second-order valence-corrected chi connectivity index (χ2v) is 12.1. The lowest BCUT2D eigenvalue weighted by molar-refractivity contribution is -0.131. The van der Waals surface area contributed by atoms with Crippen LogP contribution in [0.1, 0.15) is 194 Å². The van der Waals surface area contributed by atoms with E-state index in [2.05, 4.69) is 38.2 Å². The van der Waals surface area contributed by atoms with Gasteiger partial charge in [0, 0.05) is 13.2 Å². The highest BCUT2D eigenvalue weighted by atomic mass is 16.7. The lowest BCUT2D eigenvalue weighted by atomic mass is 10.1. The average molecular weight is 579 g/mol. The molecular formula is C38H74O3. The maximum absolute atomic E-state index is 5.57. The summed E-state index contributed by atoms with van der Waals surface area (Å²) in [5.74, 6) is 0. The molecule has 0 atom stereocenters. The summed E-state index contributed by atoms with van der Waals surface area (Å²) in [6.45, 7) is 6.89. The van der Waals surface area contributed by atoms with Crippen molar-refractivity contribution < 1.29 is 14.2 Å². The van der Waals surface area contributed by atoms with Gasteiger partial charge >= 0.3 is 0 Å². The molecule has 0 rings (SSSR count). The molecule has 0 aromatic rings. The van der Waals surface area contributed by atoms with Crippen LogP contribution in [0.4, 0.5) is 0 Å². The molecule has 0 saturated carbocycles. The molecule has 0 bridgehead atoms. The fraction of sp³-hybridized carbons (Fsp3) is 0.895. The van der Waals surface area contributed by atoms with Crippen molar-refractivity contribution in [2.24, 2.45) is 0 Å². The topological polar surface area (TPSA) is 27.7 Å². The Bertz CT molecular complexity index is 458. The molecule has 0 heterocycles. The van der Waals surface area contributed by atoms with Crippen molar-refractivity contribution in [3.8, 4) is 0 Å². The molecule has 0 spiro atoms. The summed E-state index contributed by atoms with van der Waals surface area (Å²) in [6, 6.07) is 0. The van der Waals surface area contributed by atoms with Crippen molar-refractivity contribution >= 4 is 0 Å². The van der Waals surface area contributed by atoms with Gasteiger partial charge in [-0.3, -0.25) is 0 Å². The molecule has 0 fully saturated rings. The number of unbranched alkanes of at least 4 members (excludes halogenated alkanes) is 24. The Morgan fingerprint density at radius 1 is 0.293 bits per heavy atom. The van der Waals surface area contributed by atoms with Gasteiger partial charge in [0.15, 0.2) is 0 Å². The predicted octanol–water partition coefficient (Wildman–Crippen LogP) is 13.0. The standard InChI is InChI=1S/C38H74O3/c1-3-5-7-9-11-13-15-17-19-21-23-25-27-29-31-33-35-39-37-41-38-40-36-34-32-30-28-26-24-22-20-18-16-14-12-10-8-6-4-2/h17-20H,3-16,21-38H2,1-2H3/b19-17-,20-18-. The third kappa shape index (κ3) is 39.4. The maximum atomic E-state index is 5.57. The first-order chi connectivity index (χ1) is 20.4. The van der Waals surface area contributed by atoms with Gasteiger partial charge in [-0.25, -0.2) is 0 Å². The summed E-state index contributed by atoms with van der Waals surface area (Å²) < 4.78 is 16.6. The van der Waals surface area contributed by atoms with Crippen LogP contribution in [0.25, 0.3) is 0 Å². The van der Waals surface area contributed by atoms with Crippen LogP contribution in [0, 0.1) is 0 Å². The quantitative estimate of drug-likeness (QED) is 0.0420. The number of ether oxygens (including phenoxy) is 3. The highest BCUT2D eigenvalue weighted by Crippen LogP contribution is 2.11. The van der Waals surface area contributed by atoms with Gasteiger partial charge in [-0.05, 0) is 64.2 Å². The molecule has 0 aliphatic heterocycles. The van der Waals surface area contributed by atoms with E-state index in [1.165, 1.54) is 167 Å². The monoisotopic (exact) mass is 579 g/mol. The largest absolute Gasteiger partial charge is 0.355 e. The minimum atomic E-state index is 0.360. The van der Waals surface area contributed by atoms with E-state index in [-0.39, 0.29) is 0 Å². The summed E-state index contributed by atoms with van der Waals surface area (Å²) in [4.78, 5) is 0. The van der Waals surface area contributed by atoms with E-state index in [0.29, 0.717) is 13.6 Å². The average Bonchev–Trinajstić information content (AvgIpc) is 2.98. The first-order valence-corrected chi connectivity index (χ1v) is 18.4. The summed E-state index contributed by atoms with van der Waals surface area (Å²) >= 11 is 0. The van der Waals surface area contributed by atoms with E-state index < -0.39 is 0 Å². The number of hydrogen-bond donors (Lipinski definition) is 0. The van der Waals surface area contributed by atoms with Crippen molar-refractivity contribution in [2.75, 3.05) is 26.8 Å². The number of allylic oxidation sites excluding steroid dienone is 4. The van der Waals surface area contributed by atoms with Crippen LogP contribution >= 0.6 is 0 Å². The van der Waals surface area contributed by atoms with E-state index in [1.807, 2.05) is 0 Å². The van der Waals surface area contributed by atoms with Crippen LogP contribution in [0.5, 0.6) is 0 Å². The van der Waals surface area contributed by atoms with Crippen LogP contribution in [-0.4, -0.2) is 26.8 Å². The van der Waals surface area contributed by atoms with Gasteiger partial charge in [-0.15, -0.1) is 0 Å². The van der Waals surface area contributed by atoms with E-state index in [9.17, 15) is 0 Å². The molecule has 0 aliphatic carbocycles. The molecule has 0 aromatic heterocycles. The molecule has 3 nitrogen and oxygen atoms in total. The molecule has 0 aliphatic rings. The first-order valence-electron chi connectivity index (χ1n) is 18.4. The van der Waals surface area contributed by atoms with Gasteiger partial charge < -0.3 is 14.2 Å². The number of hydrogen-bond acceptors (Lipinski definition) is 3. The predicted molar refractivity (Wildman–Crippen MR) is 182 cm³/mol. The highest BCUT2D eigenvalue weighted by molar-refractivity contribution is 4.82. The molecule has 0 aromatic carbocycles.